The van der Waals surface area contributed by atoms with Gasteiger partial charge >= 0.3 is 0 Å². The van der Waals surface area contributed by atoms with Crippen LogP contribution in [0.1, 0.15) is 55.8 Å². The summed E-state index contributed by atoms with van der Waals surface area (Å²) in [5.74, 6) is -1.41. The highest BCUT2D eigenvalue weighted by Crippen LogP contribution is 2.48. The lowest BCUT2D eigenvalue weighted by Gasteiger charge is -2.13. The van der Waals surface area contributed by atoms with Crippen LogP contribution in [0.2, 0.25) is 10.0 Å². The Hall–Kier alpha value is -1.13. The standard InChI is InChI=1S/C15H20Cl2O4/c1-3-4-5-6-7-8-9(18)10-13(19)11(16)15(21-2)12(17)14(10)20/h19-20H,3-8H2,1-2H3. The van der Waals surface area contributed by atoms with Gasteiger partial charge in [-0.3, -0.25) is 4.79 Å². The molecule has 0 saturated heterocycles. The fourth-order valence-corrected chi connectivity index (χ4v) is 2.68. The molecule has 0 spiro atoms. The van der Waals surface area contributed by atoms with Crippen LogP contribution in [0.15, 0.2) is 0 Å². The predicted molar refractivity (Wildman–Crippen MR) is 84.1 cm³/mol. The zero-order valence-electron chi connectivity index (χ0n) is 12.2. The molecule has 1 aromatic carbocycles. The van der Waals surface area contributed by atoms with Gasteiger partial charge in [-0.15, -0.1) is 0 Å². The van der Waals surface area contributed by atoms with Crippen molar-refractivity contribution < 1.29 is 19.7 Å². The Labute approximate surface area is 134 Å². The Morgan fingerprint density at radius 2 is 1.57 bits per heavy atom. The number of benzene rings is 1. The topological polar surface area (TPSA) is 66.8 Å². The van der Waals surface area contributed by atoms with E-state index in [0.29, 0.717) is 6.42 Å². The molecule has 0 radical (unpaired) electrons. The zero-order valence-corrected chi connectivity index (χ0v) is 13.7. The van der Waals surface area contributed by atoms with E-state index in [-0.39, 0.29) is 33.6 Å². The first-order valence-electron chi connectivity index (χ1n) is 6.95. The minimum absolute atomic E-state index is 0.0483. The first kappa shape index (κ1) is 17.9. The molecule has 0 bridgehead atoms. The van der Waals surface area contributed by atoms with E-state index in [1.807, 2.05) is 0 Å². The van der Waals surface area contributed by atoms with Gasteiger partial charge in [0.1, 0.15) is 15.6 Å². The van der Waals surface area contributed by atoms with Crippen molar-refractivity contribution in [3.8, 4) is 17.2 Å². The molecule has 6 heteroatoms. The predicted octanol–water partition coefficient (Wildman–Crippen LogP) is 4.96. The van der Waals surface area contributed by atoms with Crippen LogP contribution in [0.4, 0.5) is 0 Å². The summed E-state index contributed by atoms with van der Waals surface area (Å²) in [5.41, 5.74) is -0.235. The van der Waals surface area contributed by atoms with Crippen LogP contribution in [0.25, 0.3) is 0 Å². The molecule has 4 nitrogen and oxygen atoms in total. The van der Waals surface area contributed by atoms with Crippen LogP contribution >= 0.6 is 23.2 Å². The van der Waals surface area contributed by atoms with E-state index in [4.69, 9.17) is 27.9 Å². The van der Waals surface area contributed by atoms with E-state index in [9.17, 15) is 15.0 Å². The Morgan fingerprint density at radius 1 is 1.05 bits per heavy atom. The third-order valence-corrected chi connectivity index (χ3v) is 3.98. The van der Waals surface area contributed by atoms with Crippen molar-refractivity contribution in [2.75, 3.05) is 7.11 Å². The van der Waals surface area contributed by atoms with E-state index >= 15 is 0 Å². The number of phenols is 2. The molecule has 0 aromatic heterocycles. The average Bonchev–Trinajstić information content (AvgIpc) is 2.46. The highest BCUT2D eigenvalue weighted by atomic mass is 35.5. The van der Waals surface area contributed by atoms with Crippen LogP contribution in [0.5, 0.6) is 17.2 Å². The number of ketones is 1. The maximum absolute atomic E-state index is 12.1. The lowest BCUT2D eigenvalue weighted by Crippen LogP contribution is -2.02. The normalized spacial score (nSPS) is 10.7. The summed E-state index contributed by atoms with van der Waals surface area (Å²) in [6, 6.07) is 0. The third kappa shape index (κ3) is 4.17. The molecule has 0 unspecified atom stereocenters. The molecule has 2 N–H and O–H groups in total. The van der Waals surface area contributed by atoms with Crippen molar-refractivity contribution in [2.45, 2.75) is 45.4 Å². The Morgan fingerprint density at radius 3 is 2.05 bits per heavy atom. The number of phenolic OH excluding ortho intramolecular Hbond substituents is 2. The smallest absolute Gasteiger partial charge is 0.170 e. The molecule has 1 rings (SSSR count). The van der Waals surface area contributed by atoms with Gasteiger partial charge in [-0.2, -0.15) is 0 Å². The fourth-order valence-electron chi connectivity index (χ4n) is 2.10. The van der Waals surface area contributed by atoms with Crippen molar-refractivity contribution in [1.82, 2.24) is 0 Å². The molecule has 118 valence electrons. The SMILES string of the molecule is CCCCCCCC(=O)c1c(O)c(Cl)c(OC)c(Cl)c1O. The van der Waals surface area contributed by atoms with Gasteiger partial charge in [-0.1, -0.05) is 55.8 Å². The number of Topliss-reactive ketones (excluding diaryl/α,β-unsaturated/α-hetero) is 1. The summed E-state index contributed by atoms with van der Waals surface area (Å²) in [6.45, 7) is 2.11. The van der Waals surface area contributed by atoms with Crippen LogP contribution in [-0.2, 0) is 0 Å². The monoisotopic (exact) mass is 334 g/mol. The van der Waals surface area contributed by atoms with E-state index in [2.05, 4.69) is 6.92 Å². The molecule has 0 aliphatic heterocycles. The largest absolute Gasteiger partial charge is 0.505 e. The molecule has 0 heterocycles. The van der Waals surface area contributed by atoms with Gasteiger partial charge in [0.15, 0.2) is 23.0 Å². The van der Waals surface area contributed by atoms with Crippen molar-refractivity contribution in [1.29, 1.82) is 0 Å². The van der Waals surface area contributed by atoms with E-state index in [1.165, 1.54) is 7.11 Å². The van der Waals surface area contributed by atoms with Crippen molar-refractivity contribution in [3.05, 3.63) is 15.6 Å². The second kappa shape index (κ2) is 8.35. The lowest BCUT2D eigenvalue weighted by atomic mass is 10.0. The highest BCUT2D eigenvalue weighted by molar-refractivity contribution is 6.40. The molecule has 0 amide bonds. The molecule has 0 aliphatic rings. The Balaban J connectivity index is 2.90. The molecule has 0 aliphatic carbocycles. The molecule has 0 saturated carbocycles. The number of unbranched alkanes of at least 4 members (excludes halogenated alkanes) is 4. The second-order valence-electron chi connectivity index (χ2n) is 4.82. The van der Waals surface area contributed by atoms with Crippen molar-refractivity contribution in [2.24, 2.45) is 0 Å². The van der Waals surface area contributed by atoms with Gasteiger partial charge in [-0.25, -0.2) is 0 Å². The minimum Gasteiger partial charge on any atom is -0.505 e. The van der Waals surface area contributed by atoms with E-state index in [1.54, 1.807) is 0 Å². The number of aromatic hydroxyl groups is 2. The van der Waals surface area contributed by atoms with Gasteiger partial charge in [-0.05, 0) is 6.42 Å². The van der Waals surface area contributed by atoms with Gasteiger partial charge in [0.25, 0.3) is 0 Å². The van der Waals surface area contributed by atoms with Gasteiger partial charge in [0, 0.05) is 6.42 Å². The van der Waals surface area contributed by atoms with Crippen LogP contribution < -0.4 is 4.74 Å². The first-order valence-corrected chi connectivity index (χ1v) is 7.71. The summed E-state index contributed by atoms with van der Waals surface area (Å²) in [5, 5.41) is 19.6. The molecule has 0 fully saturated rings. The van der Waals surface area contributed by atoms with Crippen molar-refractivity contribution >= 4 is 29.0 Å². The summed E-state index contributed by atoms with van der Waals surface area (Å²) in [6.07, 6.45) is 5.16. The maximum Gasteiger partial charge on any atom is 0.170 e. The summed E-state index contributed by atoms with van der Waals surface area (Å²) in [4.78, 5) is 12.1. The highest BCUT2D eigenvalue weighted by Gasteiger charge is 2.26. The number of carbonyl (C=O) groups is 1. The molecular formula is C15H20Cl2O4. The average molecular weight is 335 g/mol. The fraction of sp³-hybridized carbons (Fsp3) is 0.533. The van der Waals surface area contributed by atoms with E-state index in [0.717, 1.165) is 25.7 Å². The number of halogens is 2. The number of methoxy groups -OCH3 is 1. The number of ether oxygens (including phenoxy) is 1. The molecule has 1 aromatic rings. The minimum atomic E-state index is -0.492. The number of hydrogen-bond donors (Lipinski definition) is 2. The van der Waals surface area contributed by atoms with E-state index < -0.39 is 11.5 Å². The molecule has 21 heavy (non-hydrogen) atoms. The molecule has 0 atom stereocenters. The lowest BCUT2D eigenvalue weighted by molar-refractivity contribution is 0.0973. The van der Waals surface area contributed by atoms with Crippen LogP contribution in [-0.4, -0.2) is 23.1 Å². The Kier molecular flexibility index (Phi) is 7.12. The summed E-state index contributed by atoms with van der Waals surface area (Å²) < 4.78 is 4.90. The first-order chi connectivity index (χ1) is 9.95. The summed E-state index contributed by atoms with van der Waals surface area (Å²) in [7, 11) is 1.31. The Bertz CT molecular complexity index is 486. The van der Waals surface area contributed by atoms with Gasteiger partial charge in [0.2, 0.25) is 0 Å². The summed E-state index contributed by atoms with van der Waals surface area (Å²) >= 11 is 11.8. The van der Waals surface area contributed by atoms with Crippen molar-refractivity contribution in [3.63, 3.8) is 0 Å². The van der Waals surface area contributed by atoms with Crippen LogP contribution in [0, 0.1) is 0 Å². The third-order valence-electron chi connectivity index (χ3n) is 3.28. The van der Waals surface area contributed by atoms with Gasteiger partial charge < -0.3 is 14.9 Å². The zero-order chi connectivity index (χ0) is 16.0. The number of rotatable bonds is 8. The second-order valence-corrected chi connectivity index (χ2v) is 5.58. The maximum atomic E-state index is 12.1. The van der Waals surface area contributed by atoms with Crippen LogP contribution in [0.3, 0.4) is 0 Å². The number of carbonyl (C=O) groups excluding carboxylic acids is 1. The van der Waals surface area contributed by atoms with Gasteiger partial charge in [0.05, 0.1) is 7.11 Å². The molecular weight excluding hydrogens is 315 g/mol. The number of hydrogen-bond acceptors (Lipinski definition) is 4. The quantitative estimate of drug-likeness (QED) is 0.521.